The Labute approximate surface area is 233 Å². The fourth-order valence-electron chi connectivity index (χ4n) is 4.86. The molecule has 210 valence electrons. The molecule has 2 aromatic heterocycles. The number of hydrogen-bond acceptors (Lipinski definition) is 5. The van der Waals surface area contributed by atoms with Crippen molar-refractivity contribution >= 4 is 25.3 Å². The zero-order valence-electron chi connectivity index (χ0n) is 23.2. The number of halogens is 2. The number of hydrogen-bond donors (Lipinski definition) is 2. The van der Waals surface area contributed by atoms with Crippen LogP contribution in [0, 0.1) is 11.6 Å². The second-order valence-corrected chi connectivity index (χ2v) is 14.7. The van der Waals surface area contributed by atoms with Gasteiger partial charge >= 0.3 is 0 Å². The van der Waals surface area contributed by atoms with Gasteiger partial charge in [-0.05, 0) is 56.0 Å². The number of aromatic nitrogens is 2. The van der Waals surface area contributed by atoms with Gasteiger partial charge < -0.3 is 24.0 Å². The normalized spacial score (nSPS) is 15.4. The van der Waals surface area contributed by atoms with E-state index in [1.807, 2.05) is 43.1 Å². The maximum atomic E-state index is 14.6. The number of nitrogens with zero attached hydrogens (tertiary/aromatic N) is 3. The van der Waals surface area contributed by atoms with Crippen molar-refractivity contribution in [2.24, 2.45) is 7.05 Å². The minimum absolute atomic E-state index is 0.110. The van der Waals surface area contributed by atoms with Crippen molar-refractivity contribution in [3.63, 3.8) is 0 Å². The van der Waals surface area contributed by atoms with Gasteiger partial charge in [0.25, 0.3) is 5.56 Å². The standard InChI is InChI=1S/C30H34F2N4O3Si/c1-34-10-12-36(13-11-34)18-22-17-24-25(19-35(2)30(37)29(24)33-22)23-15-20(9-14-40(3,4)38)5-7-27(23)39-28-8-6-21(31)16-26(28)32/h5-9,14-17,19,33,38H,10-13,18H2,1-4H3/b14-9+. The predicted octanol–water partition coefficient (Wildman–Crippen LogP) is 5.10. The maximum absolute atomic E-state index is 14.6. The minimum atomic E-state index is -2.46. The molecule has 1 saturated heterocycles. The summed E-state index contributed by atoms with van der Waals surface area (Å²) in [5.41, 5.74) is 5.24. The number of fused-ring (bicyclic) bond motifs is 1. The summed E-state index contributed by atoms with van der Waals surface area (Å²) in [4.78, 5) is 31.5. The molecule has 5 rings (SSSR count). The molecule has 2 N–H and O–H groups in total. The average molecular weight is 565 g/mol. The van der Waals surface area contributed by atoms with E-state index in [-0.39, 0.29) is 11.3 Å². The number of likely N-dealkylation sites (N-methyl/N-ethyl adjacent to an activating group) is 1. The topological polar surface area (TPSA) is 73.7 Å². The Hall–Kier alpha value is -3.57. The van der Waals surface area contributed by atoms with Crippen LogP contribution in [0.15, 0.2) is 59.2 Å². The Morgan fingerprint density at radius 1 is 1.00 bits per heavy atom. The number of rotatable bonds is 7. The van der Waals surface area contributed by atoms with Gasteiger partial charge in [-0.15, -0.1) is 0 Å². The Morgan fingerprint density at radius 3 is 2.42 bits per heavy atom. The van der Waals surface area contributed by atoms with Crippen LogP contribution in [0.3, 0.4) is 0 Å². The van der Waals surface area contributed by atoms with Crippen LogP contribution in [-0.4, -0.2) is 65.7 Å². The average Bonchev–Trinajstić information content (AvgIpc) is 3.32. The summed E-state index contributed by atoms with van der Waals surface area (Å²) in [6.45, 7) is 8.18. The molecule has 0 aliphatic carbocycles. The first-order valence-electron chi connectivity index (χ1n) is 13.3. The van der Waals surface area contributed by atoms with Gasteiger partial charge in [0.2, 0.25) is 8.32 Å². The van der Waals surface area contributed by atoms with Gasteiger partial charge in [-0.3, -0.25) is 9.69 Å². The van der Waals surface area contributed by atoms with Gasteiger partial charge in [0.15, 0.2) is 11.6 Å². The van der Waals surface area contributed by atoms with Gasteiger partial charge in [-0.2, -0.15) is 0 Å². The first-order chi connectivity index (χ1) is 19.0. The molecule has 0 amide bonds. The Kier molecular flexibility index (Phi) is 7.78. The molecule has 0 spiro atoms. The Morgan fingerprint density at radius 2 is 1.73 bits per heavy atom. The molecular formula is C30H34F2N4O3Si. The Bertz CT molecular complexity index is 1630. The third-order valence-electron chi connectivity index (χ3n) is 7.10. The van der Waals surface area contributed by atoms with Gasteiger partial charge in [0, 0.05) is 74.2 Å². The van der Waals surface area contributed by atoms with E-state index >= 15 is 0 Å². The molecule has 1 aliphatic rings. The van der Waals surface area contributed by atoms with Crippen molar-refractivity contribution in [1.29, 1.82) is 0 Å². The molecule has 2 aromatic carbocycles. The molecule has 1 aliphatic heterocycles. The van der Waals surface area contributed by atoms with Crippen LogP contribution in [0.25, 0.3) is 28.1 Å². The highest BCUT2D eigenvalue weighted by Gasteiger charge is 2.20. The van der Waals surface area contributed by atoms with Crippen LogP contribution in [0.1, 0.15) is 11.3 Å². The van der Waals surface area contributed by atoms with E-state index in [1.54, 1.807) is 19.3 Å². The third kappa shape index (κ3) is 6.25. The number of pyridine rings is 1. The lowest BCUT2D eigenvalue weighted by molar-refractivity contribution is 0.147. The minimum Gasteiger partial charge on any atom is -0.454 e. The lowest BCUT2D eigenvalue weighted by Crippen LogP contribution is -2.43. The number of piperazine rings is 1. The lowest BCUT2D eigenvalue weighted by Gasteiger charge is -2.31. The predicted molar refractivity (Wildman–Crippen MR) is 157 cm³/mol. The van der Waals surface area contributed by atoms with Gasteiger partial charge in [-0.1, -0.05) is 17.8 Å². The summed E-state index contributed by atoms with van der Waals surface area (Å²) in [5, 5.41) is 0.731. The van der Waals surface area contributed by atoms with Gasteiger partial charge in [0.1, 0.15) is 17.1 Å². The first-order valence-corrected chi connectivity index (χ1v) is 16.3. The molecule has 40 heavy (non-hydrogen) atoms. The number of aromatic amines is 1. The van der Waals surface area contributed by atoms with E-state index in [4.69, 9.17) is 4.74 Å². The summed E-state index contributed by atoms with van der Waals surface area (Å²) in [6.07, 6.45) is 3.60. The van der Waals surface area contributed by atoms with Crippen LogP contribution >= 0.6 is 0 Å². The molecule has 4 aromatic rings. The van der Waals surface area contributed by atoms with E-state index in [0.717, 1.165) is 60.5 Å². The molecule has 0 radical (unpaired) electrons. The molecule has 7 nitrogen and oxygen atoms in total. The van der Waals surface area contributed by atoms with Crippen molar-refractivity contribution in [2.45, 2.75) is 19.6 Å². The number of ether oxygens (including phenoxy) is 1. The highest BCUT2D eigenvalue weighted by atomic mass is 28.4. The Balaban J connectivity index is 1.63. The maximum Gasteiger partial charge on any atom is 0.274 e. The fraction of sp³-hybridized carbons (Fsp3) is 0.300. The highest BCUT2D eigenvalue weighted by Crippen LogP contribution is 2.38. The quantitative estimate of drug-likeness (QED) is 0.306. The smallest absolute Gasteiger partial charge is 0.274 e. The van der Waals surface area contributed by atoms with E-state index in [9.17, 15) is 18.4 Å². The third-order valence-corrected chi connectivity index (χ3v) is 8.08. The van der Waals surface area contributed by atoms with Gasteiger partial charge in [-0.25, -0.2) is 8.78 Å². The SMILES string of the molecule is CN1CCN(Cc2cc3c(-c4cc(/C=C/[Si](C)(C)O)ccc4Oc4ccc(F)cc4F)cn(C)c(=O)c3[nH]2)CC1. The van der Waals surface area contributed by atoms with Crippen LogP contribution in [-0.2, 0) is 13.6 Å². The molecule has 0 bridgehead atoms. The number of H-pyrrole nitrogens is 1. The zero-order chi connectivity index (χ0) is 28.6. The summed E-state index contributed by atoms with van der Waals surface area (Å²) in [7, 11) is 1.34. The fourth-order valence-corrected chi connectivity index (χ4v) is 5.46. The monoisotopic (exact) mass is 564 g/mol. The van der Waals surface area contributed by atoms with Crippen LogP contribution in [0.5, 0.6) is 11.5 Å². The molecule has 0 saturated carbocycles. The lowest BCUT2D eigenvalue weighted by atomic mass is 10.00. The molecule has 10 heteroatoms. The van der Waals surface area contributed by atoms with E-state index < -0.39 is 20.0 Å². The van der Waals surface area contributed by atoms with E-state index in [0.29, 0.717) is 23.4 Å². The number of aryl methyl sites for hydroxylation is 1. The second-order valence-electron chi connectivity index (χ2n) is 11.0. The highest BCUT2D eigenvalue weighted by molar-refractivity contribution is 6.75. The van der Waals surface area contributed by atoms with Gasteiger partial charge in [0.05, 0.1) is 0 Å². The van der Waals surface area contributed by atoms with E-state index in [2.05, 4.69) is 21.8 Å². The molecule has 3 heterocycles. The summed E-state index contributed by atoms with van der Waals surface area (Å²) in [6, 6.07) is 10.6. The molecule has 0 unspecified atom stereocenters. The van der Waals surface area contributed by atoms with Crippen molar-refractivity contribution < 1.29 is 18.3 Å². The first kappa shape index (κ1) is 28.0. The molecule has 0 atom stereocenters. The summed E-state index contributed by atoms with van der Waals surface area (Å²) in [5.74, 6) is -1.27. The van der Waals surface area contributed by atoms with Crippen LogP contribution in [0.4, 0.5) is 8.78 Å². The van der Waals surface area contributed by atoms with Crippen LogP contribution in [0.2, 0.25) is 13.1 Å². The van der Waals surface area contributed by atoms with Crippen molar-refractivity contribution in [3.8, 4) is 22.6 Å². The summed E-state index contributed by atoms with van der Waals surface area (Å²) >= 11 is 0. The zero-order valence-corrected chi connectivity index (χ0v) is 24.2. The summed E-state index contributed by atoms with van der Waals surface area (Å²) < 4.78 is 35.6. The van der Waals surface area contributed by atoms with Crippen molar-refractivity contribution in [2.75, 3.05) is 33.2 Å². The largest absolute Gasteiger partial charge is 0.454 e. The molecular weight excluding hydrogens is 530 g/mol. The van der Waals surface area contributed by atoms with E-state index in [1.165, 1.54) is 10.6 Å². The second kappa shape index (κ2) is 11.1. The molecule has 1 fully saturated rings. The number of benzene rings is 2. The van der Waals surface area contributed by atoms with Crippen LogP contribution < -0.4 is 10.3 Å². The van der Waals surface area contributed by atoms with Crippen molar-refractivity contribution in [3.05, 3.63) is 87.6 Å². The van der Waals surface area contributed by atoms with Crippen molar-refractivity contribution in [1.82, 2.24) is 19.4 Å². The number of nitrogens with one attached hydrogen (secondary N) is 1.